The second kappa shape index (κ2) is 8.10. The standard InChI is InChI=1S/C23H29.2ClH.Zr/c1-14-9-16-11-17-10-15(2)21(23(6,7)8)13-19(17)18(16)12-20(14)22(3,4)5;;;/h9,12-13H,11H2,1-8H3;2*1H;/q-1;;;+2/p-2. The number of halogens is 2. The Morgan fingerprint density at radius 2 is 1.35 bits per heavy atom. The fraction of sp³-hybridized carbons (Fsp3) is 0.478. The van der Waals surface area contributed by atoms with Crippen molar-refractivity contribution in [2.45, 2.75) is 72.6 Å². The first-order valence-electron chi connectivity index (χ1n) is 9.07. The summed E-state index contributed by atoms with van der Waals surface area (Å²) in [6.45, 7) is 18.2. The van der Waals surface area contributed by atoms with Gasteiger partial charge in [-0.25, -0.2) is 0 Å². The van der Waals surface area contributed by atoms with E-state index >= 15 is 0 Å². The molecule has 2 aromatic rings. The van der Waals surface area contributed by atoms with Crippen molar-refractivity contribution in [1.29, 1.82) is 0 Å². The van der Waals surface area contributed by atoms with Gasteiger partial charge in [0.25, 0.3) is 0 Å². The molecule has 0 heterocycles. The van der Waals surface area contributed by atoms with Crippen molar-refractivity contribution in [3.05, 3.63) is 57.6 Å². The van der Waals surface area contributed by atoms with Crippen LogP contribution in [0, 0.1) is 19.9 Å². The zero-order valence-corrected chi connectivity index (χ0v) is 21.2. The monoisotopic (exact) mass is 465 g/mol. The molecular weight excluding hydrogens is 438 g/mol. The van der Waals surface area contributed by atoms with Crippen LogP contribution in [0.25, 0.3) is 11.1 Å². The van der Waals surface area contributed by atoms with Crippen LogP contribution in [-0.4, -0.2) is 0 Å². The first-order chi connectivity index (χ1) is 11.9. The minimum absolute atomic E-state index is 0.163. The molecule has 140 valence electrons. The number of hydrogen-bond acceptors (Lipinski definition) is 0. The van der Waals surface area contributed by atoms with Gasteiger partial charge in [0.2, 0.25) is 0 Å². The summed E-state index contributed by atoms with van der Waals surface area (Å²) in [5, 5.41) is 0. The summed E-state index contributed by atoms with van der Waals surface area (Å²) >= 11 is -0.826. The molecule has 1 aliphatic rings. The topological polar surface area (TPSA) is 0 Å². The molecule has 0 radical (unpaired) electrons. The van der Waals surface area contributed by atoms with Gasteiger partial charge in [0.05, 0.1) is 0 Å². The molecule has 2 aromatic carbocycles. The van der Waals surface area contributed by atoms with E-state index in [2.05, 4.69) is 79.7 Å². The van der Waals surface area contributed by atoms with Crippen LogP contribution in [0.5, 0.6) is 0 Å². The van der Waals surface area contributed by atoms with Crippen molar-refractivity contribution >= 4 is 17.0 Å². The second-order valence-corrected chi connectivity index (χ2v) is 13.0. The van der Waals surface area contributed by atoms with Gasteiger partial charge in [0.15, 0.2) is 0 Å². The number of fused-ring (bicyclic) bond motifs is 3. The molecule has 0 amide bonds. The first-order valence-corrected chi connectivity index (χ1v) is 15.4. The van der Waals surface area contributed by atoms with Crippen molar-refractivity contribution in [3.8, 4) is 11.1 Å². The molecule has 0 aromatic heterocycles. The second-order valence-electron chi connectivity index (χ2n) is 9.27. The summed E-state index contributed by atoms with van der Waals surface area (Å²) in [6.07, 6.45) is 1.03. The Hall–Kier alpha value is -0.0969. The van der Waals surface area contributed by atoms with Gasteiger partial charge < -0.3 is 0 Å². The third-order valence-corrected chi connectivity index (χ3v) is 5.08. The molecule has 26 heavy (non-hydrogen) atoms. The summed E-state index contributed by atoms with van der Waals surface area (Å²) in [4.78, 5) is 0. The predicted octanol–water partition coefficient (Wildman–Crippen LogP) is 7.65. The molecule has 0 bridgehead atoms. The molecule has 0 fully saturated rings. The van der Waals surface area contributed by atoms with E-state index in [1.165, 1.54) is 44.5 Å². The number of aryl methyl sites for hydroxylation is 2. The molecular formula is C23H29Cl2Zr-. The molecule has 0 saturated carbocycles. The predicted molar refractivity (Wildman–Crippen MR) is 112 cm³/mol. The first kappa shape index (κ1) is 22.2. The summed E-state index contributed by atoms with van der Waals surface area (Å²) in [5.41, 5.74) is 11.6. The van der Waals surface area contributed by atoms with E-state index < -0.39 is 20.8 Å². The Kier molecular flexibility index (Phi) is 6.92. The van der Waals surface area contributed by atoms with E-state index in [1.807, 2.05) is 0 Å². The Bertz CT molecular complexity index is 741. The van der Waals surface area contributed by atoms with Crippen molar-refractivity contribution < 1.29 is 20.8 Å². The normalized spacial score (nSPS) is 12.8. The Labute approximate surface area is 178 Å². The van der Waals surface area contributed by atoms with Crippen LogP contribution in [0.4, 0.5) is 0 Å². The van der Waals surface area contributed by atoms with Crippen molar-refractivity contribution in [1.82, 2.24) is 0 Å². The Morgan fingerprint density at radius 1 is 0.846 bits per heavy atom. The van der Waals surface area contributed by atoms with Gasteiger partial charge in [-0.3, -0.25) is 0 Å². The average molecular weight is 468 g/mol. The zero-order valence-electron chi connectivity index (χ0n) is 17.2. The van der Waals surface area contributed by atoms with Gasteiger partial charge in [0.1, 0.15) is 0 Å². The van der Waals surface area contributed by atoms with Gasteiger partial charge in [-0.15, -0.1) is 16.7 Å². The van der Waals surface area contributed by atoms with Gasteiger partial charge in [-0.05, 0) is 35.4 Å². The SMILES string of the molecule is Cc1[c-]c2c(cc1C(C)(C)C)-c1cc(C(C)(C)C)c(C)cc1C2.[Cl][Zr][Cl]. The quantitative estimate of drug-likeness (QED) is 0.298. The maximum absolute atomic E-state index is 4.93. The molecule has 3 rings (SSSR count). The van der Waals surface area contributed by atoms with E-state index in [1.54, 1.807) is 0 Å². The van der Waals surface area contributed by atoms with Crippen molar-refractivity contribution in [3.63, 3.8) is 0 Å². The zero-order chi connectivity index (χ0) is 19.9. The fourth-order valence-electron chi connectivity index (χ4n) is 4.02. The van der Waals surface area contributed by atoms with Crippen LogP contribution >= 0.6 is 17.0 Å². The van der Waals surface area contributed by atoms with Crippen molar-refractivity contribution in [2.75, 3.05) is 0 Å². The summed E-state index contributed by atoms with van der Waals surface area (Å²) in [6, 6.07) is 10.9. The van der Waals surface area contributed by atoms with E-state index in [4.69, 9.17) is 17.0 Å². The summed E-state index contributed by atoms with van der Waals surface area (Å²) in [7, 11) is 9.87. The van der Waals surface area contributed by atoms with Gasteiger partial charge in [-0.2, -0.15) is 17.7 Å². The molecule has 0 aliphatic heterocycles. The average Bonchev–Trinajstić information content (AvgIpc) is 2.80. The molecule has 0 atom stereocenters. The maximum atomic E-state index is 4.93. The van der Waals surface area contributed by atoms with E-state index in [-0.39, 0.29) is 10.8 Å². The summed E-state index contributed by atoms with van der Waals surface area (Å²) in [5.74, 6) is 0. The van der Waals surface area contributed by atoms with Gasteiger partial charge >= 0.3 is 37.9 Å². The number of rotatable bonds is 0. The number of benzene rings is 2. The minimum atomic E-state index is -0.826. The van der Waals surface area contributed by atoms with Gasteiger partial charge in [-0.1, -0.05) is 71.6 Å². The Balaban J connectivity index is 0.000000758. The van der Waals surface area contributed by atoms with Crippen LogP contribution in [0.2, 0.25) is 0 Å². The molecule has 0 saturated heterocycles. The fourth-order valence-corrected chi connectivity index (χ4v) is 4.02. The molecule has 0 spiro atoms. The van der Waals surface area contributed by atoms with E-state index in [0.29, 0.717) is 0 Å². The van der Waals surface area contributed by atoms with Crippen LogP contribution in [0.1, 0.15) is 74.9 Å². The van der Waals surface area contributed by atoms with Gasteiger partial charge in [0, 0.05) is 0 Å². The molecule has 0 unspecified atom stereocenters. The third-order valence-electron chi connectivity index (χ3n) is 5.08. The molecule has 0 nitrogen and oxygen atoms in total. The van der Waals surface area contributed by atoms with Crippen LogP contribution in [0.3, 0.4) is 0 Å². The third kappa shape index (κ3) is 4.65. The molecule has 1 aliphatic carbocycles. The van der Waals surface area contributed by atoms with Crippen molar-refractivity contribution in [2.24, 2.45) is 0 Å². The van der Waals surface area contributed by atoms with Crippen LogP contribution < -0.4 is 0 Å². The Morgan fingerprint density at radius 3 is 1.85 bits per heavy atom. The van der Waals surface area contributed by atoms with Crippen LogP contribution in [0.15, 0.2) is 18.2 Å². The summed E-state index contributed by atoms with van der Waals surface area (Å²) < 4.78 is 0. The van der Waals surface area contributed by atoms with E-state index in [9.17, 15) is 0 Å². The molecule has 0 N–H and O–H groups in total. The van der Waals surface area contributed by atoms with Crippen LogP contribution in [-0.2, 0) is 38.1 Å². The van der Waals surface area contributed by atoms with E-state index in [0.717, 1.165) is 6.42 Å². The molecule has 3 heteroatoms. The number of hydrogen-bond donors (Lipinski definition) is 0.